The van der Waals surface area contributed by atoms with Crippen LogP contribution in [0.15, 0.2) is 30.6 Å². The summed E-state index contributed by atoms with van der Waals surface area (Å²) in [7, 11) is 0. The van der Waals surface area contributed by atoms with Crippen molar-refractivity contribution in [2.75, 3.05) is 11.9 Å². The zero-order valence-corrected chi connectivity index (χ0v) is 10.3. The Hall–Kier alpha value is -2.05. The Morgan fingerprint density at radius 1 is 1.32 bits per heavy atom. The molecule has 2 aromatic heterocycles. The molecular weight excluding hydrogens is 257 g/mol. The monoisotopic (exact) mass is 270 g/mol. The summed E-state index contributed by atoms with van der Waals surface area (Å²) in [5.74, 6) is 0.697. The molecule has 0 fully saturated rings. The van der Waals surface area contributed by atoms with E-state index in [1.165, 1.54) is 4.68 Å². The van der Waals surface area contributed by atoms with Gasteiger partial charge in [0.2, 0.25) is 0 Å². The molecular formula is C12H13F3N4. The van der Waals surface area contributed by atoms with Crippen LogP contribution in [0.1, 0.15) is 18.2 Å². The van der Waals surface area contributed by atoms with E-state index in [0.29, 0.717) is 11.5 Å². The van der Waals surface area contributed by atoms with Crippen molar-refractivity contribution in [2.24, 2.45) is 0 Å². The quantitative estimate of drug-likeness (QED) is 0.929. The second-order valence-corrected chi connectivity index (χ2v) is 3.97. The van der Waals surface area contributed by atoms with Crippen molar-refractivity contribution in [3.05, 3.63) is 41.9 Å². The lowest BCUT2D eigenvalue weighted by Gasteiger charge is -2.05. The molecule has 0 radical (unpaired) electrons. The summed E-state index contributed by atoms with van der Waals surface area (Å²) in [6, 6.07) is 5.35. The number of hydrogen-bond donors (Lipinski definition) is 1. The fraction of sp³-hybridized carbons (Fsp3) is 0.333. The van der Waals surface area contributed by atoms with Crippen molar-refractivity contribution in [3.63, 3.8) is 0 Å². The Bertz CT molecular complexity index is 548. The normalized spacial score (nSPS) is 11.6. The molecule has 0 saturated heterocycles. The van der Waals surface area contributed by atoms with Gasteiger partial charge < -0.3 is 5.32 Å². The molecule has 102 valence electrons. The number of halogens is 3. The van der Waals surface area contributed by atoms with Crippen LogP contribution >= 0.6 is 0 Å². The van der Waals surface area contributed by atoms with E-state index in [-0.39, 0.29) is 6.54 Å². The molecule has 0 unspecified atom stereocenters. The summed E-state index contributed by atoms with van der Waals surface area (Å²) in [6.07, 6.45) is -2.58. The first kappa shape index (κ1) is 13.4. The second kappa shape index (κ2) is 5.29. The van der Waals surface area contributed by atoms with E-state index >= 15 is 0 Å². The molecule has 2 heterocycles. The van der Waals surface area contributed by atoms with Crippen LogP contribution in [0.25, 0.3) is 0 Å². The van der Waals surface area contributed by atoms with Gasteiger partial charge in [-0.1, -0.05) is 6.07 Å². The maximum Gasteiger partial charge on any atom is 0.419 e. The molecule has 0 amide bonds. The van der Waals surface area contributed by atoms with Crippen molar-refractivity contribution in [1.82, 2.24) is 14.8 Å². The van der Waals surface area contributed by atoms with Crippen LogP contribution in [0.3, 0.4) is 0 Å². The number of rotatable bonds is 4. The molecule has 0 aliphatic rings. The number of alkyl halides is 3. The molecule has 0 aliphatic carbocycles. The van der Waals surface area contributed by atoms with Gasteiger partial charge in [0.1, 0.15) is 5.82 Å². The Morgan fingerprint density at radius 3 is 2.74 bits per heavy atom. The van der Waals surface area contributed by atoms with Crippen molar-refractivity contribution in [2.45, 2.75) is 19.6 Å². The molecule has 0 bridgehead atoms. The van der Waals surface area contributed by atoms with Crippen LogP contribution in [0.5, 0.6) is 0 Å². The summed E-state index contributed by atoms with van der Waals surface area (Å²) >= 11 is 0. The molecule has 0 aliphatic heterocycles. The van der Waals surface area contributed by atoms with Crippen molar-refractivity contribution in [3.8, 4) is 0 Å². The topological polar surface area (TPSA) is 42.7 Å². The average Bonchev–Trinajstić information content (AvgIpc) is 2.78. The number of nitrogens with zero attached hydrogens (tertiary/aromatic N) is 3. The van der Waals surface area contributed by atoms with E-state index in [1.807, 2.05) is 6.92 Å². The van der Waals surface area contributed by atoms with Crippen molar-refractivity contribution < 1.29 is 13.2 Å². The van der Waals surface area contributed by atoms with Gasteiger partial charge in [0.25, 0.3) is 0 Å². The minimum atomic E-state index is -4.36. The third-order valence-electron chi connectivity index (χ3n) is 2.45. The summed E-state index contributed by atoms with van der Waals surface area (Å²) in [5, 5.41) is 6.73. The highest BCUT2D eigenvalue weighted by atomic mass is 19.4. The molecule has 2 rings (SSSR count). The molecule has 0 atom stereocenters. The average molecular weight is 270 g/mol. The summed E-state index contributed by atoms with van der Waals surface area (Å²) in [5.41, 5.74) is -0.106. The summed E-state index contributed by atoms with van der Waals surface area (Å²) < 4.78 is 38.5. The molecule has 19 heavy (non-hydrogen) atoms. The first-order valence-electron chi connectivity index (χ1n) is 5.78. The zero-order chi connectivity index (χ0) is 13.9. The first-order valence-corrected chi connectivity index (χ1v) is 5.78. The lowest BCUT2D eigenvalue weighted by atomic mass is 10.3. The van der Waals surface area contributed by atoms with Gasteiger partial charge in [-0.3, -0.25) is 4.68 Å². The highest BCUT2D eigenvalue weighted by Gasteiger charge is 2.32. The number of hydrogen-bond acceptors (Lipinski definition) is 3. The smallest absolute Gasteiger partial charge is 0.370 e. The summed E-state index contributed by atoms with van der Waals surface area (Å²) in [6.45, 7) is 2.88. The van der Waals surface area contributed by atoms with Crippen molar-refractivity contribution >= 4 is 5.82 Å². The van der Waals surface area contributed by atoms with E-state index in [0.717, 1.165) is 18.9 Å². The molecule has 0 spiro atoms. The minimum absolute atomic E-state index is 0.204. The van der Waals surface area contributed by atoms with Crippen LogP contribution in [0.2, 0.25) is 0 Å². The predicted molar refractivity (Wildman–Crippen MR) is 64.7 cm³/mol. The second-order valence-electron chi connectivity index (χ2n) is 3.97. The van der Waals surface area contributed by atoms with Crippen LogP contribution in [0, 0.1) is 0 Å². The fourth-order valence-corrected chi connectivity index (χ4v) is 1.61. The lowest BCUT2D eigenvalue weighted by Crippen LogP contribution is -2.06. The number of pyridine rings is 1. The van der Waals surface area contributed by atoms with E-state index in [1.54, 1.807) is 18.2 Å². The SMILES string of the molecule is CCNc1cccc(Cn2cc(C(F)(F)F)cn2)n1. The Morgan fingerprint density at radius 2 is 2.11 bits per heavy atom. The predicted octanol–water partition coefficient (Wildman–Crippen LogP) is 2.78. The number of anilines is 1. The van der Waals surface area contributed by atoms with Gasteiger partial charge in [0.05, 0.1) is 24.0 Å². The highest BCUT2D eigenvalue weighted by Crippen LogP contribution is 2.28. The molecule has 7 heteroatoms. The van der Waals surface area contributed by atoms with Gasteiger partial charge in [-0.25, -0.2) is 4.98 Å². The molecule has 4 nitrogen and oxygen atoms in total. The maximum atomic E-state index is 12.4. The van der Waals surface area contributed by atoms with E-state index in [2.05, 4.69) is 15.4 Å². The van der Waals surface area contributed by atoms with Gasteiger partial charge in [0, 0.05) is 12.7 Å². The Kier molecular flexibility index (Phi) is 3.73. The number of nitrogens with one attached hydrogen (secondary N) is 1. The maximum absolute atomic E-state index is 12.4. The van der Waals surface area contributed by atoms with Crippen LogP contribution in [0.4, 0.5) is 19.0 Å². The van der Waals surface area contributed by atoms with Gasteiger partial charge in [-0.2, -0.15) is 18.3 Å². The third-order valence-corrected chi connectivity index (χ3v) is 2.45. The van der Waals surface area contributed by atoms with Crippen molar-refractivity contribution in [1.29, 1.82) is 0 Å². The van der Waals surface area contributed by atoms with E-state index in [4.69, 9.17) is 0 Å². The first-order chi connectivity index (χ1) is 8.99. The minimum Gasteiger partial charge on any atom is -0.370 e. The number of aromatic nitrogens is 3. The van der Waals surface area contributed by atoms with E-state index < -0.39 is 11.7 Å². The van der Waals surface area contributed by atoms with Crippen LogP contribution in [-0.4, -0.2) is 21.3 Å². The fourth-order valence-electron chi connectivity index (χ4n) is 1.61. The Labute approximate surface area is 108 Å². The van der Waals surface area contributed by atoms with Gasteiger partial charge in [-0.05, 0) is 19.1 Å². The highest BCUT2D eigenvalue weighted by molar-refractivity contribution is 5.35. The third kappa shape index (κ3) is 3.46. The van der Waals surface area contributed by atoms with Gasteiger partial charge >= 0.3 is 6.18 Å². The van der Waals surface area contributed by atoms with Crippen LogP contribution in [-0.2, 0) is 12.7 Å². The standard InChI is InChI=1S/C12H13F3N4/c1-2-16-11-5-3-4-10(18-11)8-19-7-9(6-17-19)12(13,14)15/h3-7H,2,8H2,1H3,(H,16,18). The molecule has 0 saturated carbocycles. The molecule has 1 N–H and O–H groups in total. The largest absolute Gasteiger partial charge is 0.419 e. The summed E-state index contributed by atoms with van der Waals surface area (Å²) in [4.78, 5) is 4.28. The lowest BCUT2D eigenvalue weighted by molar-refractivity contribution is -0.137. The molecule has 0 aromatic carbocycles. The van der Waals surface area contributed by atoms with Gasteiger partial charge in [-0.15, -0.1) is 0 Å². The van der Waals surface area contributed by atoms with Gasteiger partial charge in [0.15, 0.2) is 0 Å². The Balaban J connectivity index is 2.12. The van der Waals surface area contributed by atoms with Crippen LogP contribution < -0.4 is 5.32 Å². The van der Waals surface area contributed by atoms with E-state index in [9.17, 15) is 13.2 Å². The zero-order valence-electron chi connectivity index (χ0n) is 10.3. The molecule has 2 aromatic rings.